The molecule has 0 amide bonds. The summed E-state index contributed by atoms with van der Waals surface area (Å²) in [6.07, 6.45) is 5.18. The molecule has 104 valence electrons. The molecule has 3 atom stereocenters. The van der Waals surface area contributed by atoms with E-state index in [2.05, 4.69) is 16.7 Å². The average Bonchev–Trinajstić information content (AvgIpc) is 2.77. The summed E-state index contributed by atoms with van der Waals surface area (Å²) in [6, 6.07) is 1.42. The lowest BCUT2D eigenvalue weighted by Crippen LogP contribution is -2.62. The molecule has 3 saturated heterocycles. The van der Waals surface area contributed by atoms with Crippen LogP contribution in [0.15, 0.2) is 0 Å². The first-order valence-electron chi connectivity index (χ1n) is 7.51. The Morgan fingerprint density at radius 2 is 2.22 bits per heavy atom. The second kappa shape index (κ2) is 5.08. The third-order valence-electron chi connectivity index (χ3n) is 4.97. The van der Waals surface area contributed by atoms with Crippen molar-refractivity contribution in [3.8, 4) is 0 Å². The third-order valence-corrected chi connectivity index (χ3v) is 4.97. The van der Waals surface area contributed by atoms with E-state index in [0.717, 1.165) is 32.2 Å². The predicted molar refractivity (Wildman–Crippen MR) is 72.6 cm³/mol. The van der Waals surface area contributed by atoms with Gasteiger partial charge in [-0.1, -0.05) is 6.42 Å². The van der Waals surface area contributed by atoms with Crippen LogP contribution in [0.3, 0.4) is 0 Å². The predicted octanol–water partition coefficient (Wildman–Crippen LogP) is 0.663. The minimum atomic E-state index is -0.0922. The highest BCUT2D eigenvalue weighted by Gasteiger charge is 2.38. The summed E-state index contributed by atoms with van der Waals surface area (Å²) in [5, 5.41) is 0. The van der Waals surface area contributed by atoms with Gasteiger partial charge < -0.3 is 10.5 Å². The molecule has 0 spiro atoms. The maximum absolute atomic E-state index is 6.44. The van der Waals surface area contributed by atoms with E-state index >= 15 is 0 Å². The SMILES string of the molecule is CC1CN2CCCCC2CN1CC1(N)CCOC1. The lowest BCUT2D eigenvalue weighted by Gasteiger charge is -2.49. The zero-order valence-corrected chi connectivity index (χ0v) is 11.6. The smallest absolute Gasteiger partial charge is 0.0659 e. The molecule has 3 fully saturated rings. The fraction of sp³-hybridized carbons (Fsp3) is 1.00. The number of rotatable bonds is 2. The molecule has 3 heterocycles. The molecule has 3 aliphatic heterocycles. The van der Waals surface area contributed by atoms with Gasteiger partial charge in [0.1, 0.15) is 0 Å². The van der Waals surface area contributed by atoms with Crippen molar-refractivity contribution in [3.63, 3.8) is 0 Å². The van der Waals surface area contributed by atoms with Crippen LogP contribution in [0.5, 0.6) is 0 Å². The topological polar surface area (TPSA) is 41.7 Å². The van der Waals surface area contributed by atoms with Crippen molar-refractivity contribution in [1.82, 2.24) is 9.80 Å². The Bertz CT molecular complexity index is 291. The van der Waals surface area contributed by atoms with Gasteiger partial charge in [-0.2, -0.15) is 0 Å². The minimum absolute atomic E-state index is 0.0922. The number of hydrogen-bond donors (Lipinski definition) is 1. The van der Waals surface area contributed by atoms with E-state index in [1.165, 1.54) is 38.9 Å². The summed E-state index contributed by atoms with van der Waals surface area (Å²) in [7, 11) is 0. The van der Waals surface area contributed by atoms with Crippen LogP contribution in [0.2, 0.25) is 0 Å². The highest BCUT2D eigenvalue weighted by Crippen LogP contribution is 2.26. The first-order valence-corrected chi connectivity index (χ1v) is 7.51. The van der Waals surface area contributed by atoms with Gasteiger partial charge in [-0.25, -0.2) is 0 Å². The van der Waals surface area contributed by atoms with Crippen molar-refractivity contribution in [2.75, 3.05) is 39.4 Å². The van der Waals surface area contributed by atoms with E-state index in [1.54, 1.807) is 0 Å². The molecule has 0 bridgehead atoms. The minimum Gasteiger partial charge on any atom is -0.379 e. The molecule has 3 unspecified atom stereocenters. The molecule has 18 heavy (non-hydrogen) atoms. The van der Waals surface area contributed by atoms with Gasteiger partial charge in [-0.05, 0) is 32.7 Å². The van der Waals surface area contributed by atoms with Gasteiger partial charge in [0.05, 0.1) is 12.1 Å². The molecule has 0 aromatic rings. The number of piperazine rings is 1. The van der Waals surface area contributed by atoms with Gasteiger partial charge in [0.25, 0.3) is 0 Å². The first kappa shape index (κ1) is 12.9. The van der Waals surface area contributed by atoms with Crippen molar-refractivity contribution in [3.05, 3.63) is 0 Å². The van der Waals surface area contributed by atoms with Crippen molar-refractivity contribution < 1.29 is 4.74 Å². The molecule has 4 nitrogen and oxygen atoms in total. The second-order valence-electron chi connectivity index (χ2n) is 6.59. The summed E-state index contributed by atoms with van der Waals surface area (Å²) < 4.78 is 5.48. The first-order chi connectivity index (χ1) is 8.66. The van der Waals surface area contributed by atoms with Crippen molar-refractivity contribution in [2.45, 2.75) is 50.2 Å². The Morgan fingerprint density at radius 1 is 1.33 bits per heavy atom. The van der Waals surface area contributed by atoms with Crippen molar-refractivity contribution >= 4 is 0 Å². The molecule has 4 heteroatoms. The molecule has 3 aliphatic rings. The molecule has 0 aromatic carbocycles. The zero-order valence-electron chi connectivity index (χ0n) is 11.6. The largest absolute Gasteiger partial charge is 0.379 e. The Hall–Kier alpha value is -0.160. The fourth-order valence-electron chi connectivity index (χ4n) is 3.79. The average molecular weight is 253 g/mol. The Balaban J connectivity index is 1.61. The van der Waals surface area contributed by atoms with Gasteiger partial charge in [-0.15, -0.1) is 0 Å². The maximum atomic E-state index is 6.44. The third kappa shape index (κ3) is 2.57. The van der Waals surface area contributed by atoms with Gasteiger partial charge in [0.2, 0.25) is 0 Å². The quantitative estimate of drug-likeness (QED) is 0.785. The standard InChI is InChI=1S/C14H27N3O/c1-12-8-16-6-3-2-4-13(16)9-17(12)10-14(15)5-7-18-11-14/h12-13H,2-11,15H2,1H3. The molecular formula is C14H27N3O. The van der Waals surface area contributed by atoms with Crippen LogP contribution in [0.1, 0.15) is 32.6 Å². The molecule has 0 aromatic heterocycles. The zero-order chi connectivity index (χ0) is 12.6. The van der Waals surface area contributed by atoms with E-state index in [-0.39, 0.29) is 5.54 Å². The summed E-state index contributed by atoms with van der Waals surface area (Å²) >= 11 is 0. The number of fused-ring (bicyclic) bond motifs is 1. The van der Waals surface area contributed by atoms with Gasteiger partial charge in [0, 0.05) is 38.3 Å². The van der Waals surface area contributed by atoms with E-state index in [1.807, 2.05) is 0 Å². The van der Waals surface area contributed by atoms with Crippen molar-refractivity contribution in [1.29, 1.82) is 0 Å². The number of piperidine rings is 1. The van der Waals surface area contributed by atoms with Gasteiger partial charge in [0.15, 0.2) is 0 Å². The van der Waals surface area contributed by atoms with Crippen LogP contribution in [-0.2, 0) is 4.74 Å². The molecule has 0 saturated carbocycles. The van der Waals surface area contributed by atoms with Crippen molar-refractivity contribution in [2.24, 2.45) is 5.73 Å². The number of nitrogens with two attached hydrogens (primary N) is 1. The van der Waals surface area contributed by atoms with Gasteiger partial charge >= 0.3 is 0 Å². The van der Waals surface area contributed by atoms with E-state index < -0.39 is 0 Å². The van der Waals surface area contributed by atoms with E-state index in [4.69, 9.17) is 10.5 Å². The summed E-state index contributed by atoms with van der Waals surface area (Å²) in [4.78, 5) is 5.31. The van der Waals surface area contributed by atoms with Gasteiger partial charge in [-0.3, -0.25) is 9.80 Å². The number of nitrogens with zero attached hydrogens (tertiary/aromatic N) is 2. The fourth-order valence-corrected chi connectivity index (χ4v) is 3.79. The van der Waals surface area contributed by atoms with Crippen LogP contribution in [0.4, 0.5) is 0 Å². The molecule has 3 rings (SSSR count). The van der Waals surface area contributed by atoms with Crippen LogP contribution in [0, 0.1) is 0 Å². The van der Waals surface area contributed by atoms with Crippen LogP contribution in [0.25, 0.3) is 0 Å². The normalized spacial score (nSPS) is 43.0. The number of ether oxygens (including phenoxy) is 1. The molecule has 0 radical (unpaired) electrons. The van der Waals surface area contributed by atoms with E-state index in [0.29, 0.717) is 6.04 Å². The lowest BCUT2D eigenvalue weighted by atomic mass is 9.93. The molecule has 0 aliphatic carbocycles. The summed E-state index contributed by atoms with van der Waals surface area (Å²) in [5.74, 6) is 0. The molecule has 2 N–H and O–H groups in total. The second-order valence-corrected chi connectivity index (χ2v) is 6.59. The summed E-state index contributed by atoms with van der Waals surface area (Å²) in [5.41, 5.74) is 6.35. The Morgan fingerprint density at radius 3 is 3.00 bits per heavy atom. The van der Waals surface area contributed by atoms with Crippen LogP contribution in [-0.4, -0.2) is 66.8 Å². The highest BCUT2D eigenvalue weighted by atomic mass is 16.5. The van der Waals surface area contributed by atoms with Crippen LogP contribution >= 0.6 is 0 Å². The Kier molecular flexibility index (Phi) is 3.63. The number of hydrogen-bond acceptors (Lipinski definition) is 4. The van der Waals surface area contributed by atoms with Crippen LogP contribution < -0.4 is 5.73 Å². The van der Waals surface area contributed by atoms with E-state index in [9.17, 15) is 0 Å². The Labute approximate surface area is 110 Å². The lowest BCUT2D eigenvalue weighted by molar-refractivity contribution is 0.00343. The highest BCUT2D eigenvalue weighted by molar-refractivity contribution is 4.96. The monoisotopic (exact) mass is 253 g/mol. The summed E-state index contributed by atoms with van der Waals surface area (Å²) in [6.45, 7) is 8.68. The molecular weight excluding hydrogens is 226 g/mol. The maximum Gasteiger partial charge on any atom is 0.0659 e.